The Bertz CT molecular complexity index is 833. The molecule has 2 N–H and O–H groups in total. The van der Waals surface area contributed by atoms with Crippen molar-refractivity contribution < 1.29 is 22.7 Å². The fourth-order valence-electron chi connectivity index (χ4n) is 1.94. The van der Waals surface area contributed by atoms with Crippen LogP contribution in [0.1, 0.15) is 10.5 Å². The summed E-state index contributed by atoms with van der Waals surface area (Å²) < 4.78 is 37.0. The van der Waals surface area contributed by atoms with E-state index in [4.69, 9.17) is 9.47 Å². The number of carbonyl (C=O) groups excluding carboxylic acids is 1. The highest BCUT2D eigenvalue weighted by atomic mass is 79.9. The molecule has 0 aliphatic carbocycles. The minimum Gasteiger partial charge on any atom is -0.491 e. The summed E-state index contributed by atoms with van der Waals surface area (Å²) in [7, 11) is -0.655. The smallest absolute Gasteiger partial charge is 0.282 e. The number of hydrogen-bond acceptors (Lipinski definition) is 5. The Kier molecular flexibility index (Phi) is 6.59. The van der Waals surface area contributed by atoms with E-state index >= 15 is 0 Å². The number of nitrogens with zero attached hydrogens (tertiary/aromatic N) is 1. The van der Waals surface area contributed by atoms with Gasteiger partial charge in [0.15, 0.2) is 0 Å². The maximum atomic E-state index is 12.2. The number of aromatic nitrogens is 1. The van der Waals surface area contributed by atoms with Gasteiger partial charge >= 0.3 is 0 Å². The Morgan fingerprint density at radius 2 is 1.92 bits per heavy atom. The van der Waals surface area contributed by atoms with Crippen molar-refractivity contribution in [1.82, 2.24) is 14.8 Å². The highest BCUT2D eigenvalue weighted by Gasteiger charge is 2.17. The van der Waals surface area contributed by atoms with E-state index in [0.29, 0.717) is 29.1 Å². The van der Waals surface area contributed by atoms with E-state index < -0.39 is 15.9 Å². The van der Waals surface area contributed by atoms with E-state index in [1.807, 2.05) is 0 Å². The Balaban J connectivity index is 1.99. The van der Waals surface area contributed by atoms with Gasteiger partial charge in [-0.15, -0.1) is 4.83 Å². The van der Waals surface area contributed by atoms with Gasteiger partial charge in [0.05, 0.1) is 11.5 Å². The third-order valence-electron chi connectivity index (χ3n) is 3.19. The van der Waals surface area contributed by atoms with E-state index in [-0.39, 0.29) is 4.90 Å². The average molecular weight is 432 g/mol. The third-order valence-corrected chi connectivity index (χ3v) is 4.89. The summed E-state index contributed by atoms with van der Waals surface area (Å²) in [6.45, 7) is 0.798. The van der Waals surface area contributed by atoms with E-state index in [2.05, 4.69) is 26.2 Å². The van der Waals surface area contributed by atoms with Crippen LogP contribution in [0.2, 0.25) is 0 Å². The van der Waals surface area contributed by atoms with Gasteiger partial charge in [-0.3, -0.25) is 10.2 Å². The molecule has 10 heteroatoms. The van der Waals surface area contributed by atoms with Crippen LogP contribution in [0, 0.1) is 0 Å². The summed E-state index contributed by atoms with van der Waals surface area (Å²) >= 11 is 3.25. The molecule has 0 atom stereocenters. The number of carbonyl (C=O) groups is 1. The molecular formula is C15H18BrN3O5S. The van der Waals surface area contributed by atoms with Crippen molar-refractivity contribution in [2.75, 3.05) is 20.3 Å². The normalized spacial score (nSPS) is 11.3. The number of aryl methyl sites for hydroxylation is 1. The summed E-state index contributed by atoms with van der Waals surface area (Å²) in [6, 6.07) is 7.40. The number of hydrogen-bond donors (Lipinski definition) is 2. The van der Waals surface area contributed by atoms with Crippen LogP contribution in [-0.2, 0) is 21.8 Å². The predicted octanol–water partition coefficient (Wildman–Crippen LogP) is 1.44. The Morgan fingerprint density at radius 1 is 1.24 bits per heavy atom. The van der Waals surface area contributed by atoms with Gasteiger partial charge in [0.2, 0.25) is 0 Å². The molecule has 1 aromatic heterocycles. The summed E-state index contributed by atoms with van der Waals surface area (Å²) in [5, 5.41) is 0. The SMILES string of the molecule is COCCOc1ccc(S(=O)(=O)NNC(=O)c2cc(Br)cn2C)cc1. The second-order valence-corrected chi connectivity index (χ2v) is 7.62. The number of benzene rings is 1. The number of rotatable bonds is 8. The number of methoxy groups -OCH3 is 1. The predicted molar refractivity (Wildman–Crippen MR) is 94.7 cm³/mol. The van der Waals surface area contributed by atoms with E-state index in [0.717, 1.165) is 0 Å². The van der Waals surface area contributed by atoms with Gasteiger partial charge in [0.1, 0.15) is 18.1 Å². The fraction of sp³-hybridized carbons (Fsp3) is 0.267. The number of nitrogens with one attached hydrogen (secondary N) is 2. The third kappa shape index (κ3) is 5.30. The molecule has 2 rings (SSSR count). The van der Waals surface area contributed by atoms with E-state index in [9.17, 15) is 13.2 Å². The van der Waals surface area contributed by atoms with E-state index in [1.165, 1.54) is 24.3 Å². The molecule has 136 valence electrons. The molecule has 1 amide bonds. The van der Waals surface area contributed by atoms with Gasteiger partial charge < -0.3 is 14.0 Å². The number of hydrazine groups is 1. The molecular weight excluding hydrogens is 414 g/mol. The average Bonchev–Trinajstić information content (AvgIpc) is 2.92. The number of sulfonamides is 1. The zero-order valence-electron chi connectivity index (χ0n) is 13.7. The monoisotopic (exact) mass is 431 g/mol. The first-order valence-corrected chi connectivity index (χ1v) is 9.47. The van der Waals surface area contributed by atoms with Gasteiger partial charge in [-0.05, 0) is 46.3 Å². The van der Waals surface area contributed by atoms with Gasteiger partial charge in [-0.2, -0.15) is 0 Å². The Labute approximate surface area is 154 Å². The van der Waals surface area contributed by atoms with Crippen LogP contribution in [0.3, 0.4) is 0 Å². The minimum atomic E-state index is -3.89. The molecule has 0 aliphatic heterocycles. The first-order valence-electron chi connectivity index (χ1n) is 7.19. The van der Waals surface area contributed by atoms with Crippen LogP contribution < -0.4 is 15.0 Å². The highest BCUT2D eigenvalue weighted by molar-refractivity contribution is 9.10. The standard InChI is InChI=1S/C15H18BrN3O5S/c1-19-10-11(16)9-14(19)15(20)17-18-25(21,22)13-5-3-12(4-6-13)24-8-7-23-2/h3-6,9-10,18H,7-8H2,1-2H3,(H,17,20). The van der Waals surface area contributed by atoms with Crippen molar-refractivity contribution in [3.8, 4) is 5.75 Å². The first kappa shape index (κ1) is 19.4. The van der Waals surface area contributed by atoms with Crippen LogP contribution in [0.5, 0.6) is 5.75 Å². The Hall–Kier alpha value is -1.88. The second-order valence-electron chi connectivity index (χ2n) is 5.03. The van der Waals surface area contributed by atoms with Crippen LogP contribution in [-0.4, -0.2) is 39.2 Å². The molecule has 0 unspecified atom stereocenters. The molecule has 2 aromatic rings. The molecule has 8 nitrogen and oxygen atoms in total. The zero-order chi connectivity index (χ0) is 18.4. The van der Waals surface area contributed by atoms with Crippen LogP contribution in [0.25, 0.3) is 0 Å². The molecule has 0 saturated carbocycles. The van der Waals surface area contributed by atoms with Gasteiger partial charge in [-0.25, -0.2) is 8.42 Å². The van der Waals surface area contributed by atoms with Crippen molar-refractivity contribution in [3.05, 3.63) is 46.7 Å². The van der Waals surface area contributed by atoms with Crippen LogP contribution >= 0.6 is 15.9 Å². The number of ether oxygens (including phenoxy) is 2. The maximum absolute atomic E-state index is 12.2. The summed E-state index contributed by atoms with van der Waals surface area (Å²) in [5.74, 6) is -0.0509. The second kappa shape index (κ2) is 8.48. The molecule has 0 bridgehead atoms. The quantitative estimate of drug-likeness (QED) is 0.486. The van der Waals surface area contributed by atoms with Gasteiger partial charge in [0.25, 0.3) is 15.9 Å². The van der Waals surface area contributed by atoms with Gasteiger partial charge in [-0.1, -0.05) is 0 Å². The molecule has 0 spiro atoms. The van der Waals surface area contributed by atoms with Crippen molar-refractivity contribution in [3.63, 3.8) is 0 Å². The lowest BCUT2D eigenvalue weighted by molar-refractivity contribution is 0.0937. The largest absolute Gasteiger partial charge is 0.491 e. The van der Waals surface area contributed by atoms with Crippen LogP contribution in [0.4, 0.5) is 0 Å². The summed E-state index contributed by atoms with van der Waals surface area (Å²) in [4.78, 5) is 14.1. The van der Waals surface area contributed by atoms with Crippen molar-refractivity contribution in [2.24, 2.45) is 7.05 Å². The lowest BCUT2D eigenvalue weighted by Crippen LogP contribution is -2.42. The maximum Gasteiger partial charge on any atom is 0.282 e. The lowest BCUT2D eigenvalue weighted by atomic mass is 10.3. The molecule has 1 heterocycles. The molecule has 1 aromatic carbocycles. The molecule has 0 saturated heterocycles. The summed E-state index contributed by atoms with van der Waals surface area (Å²) in [5.41, 5.74) is 2.48. The van der Waals surface area contributed by atoms with E-state index in [1.54, 1.807) is 31.0 Å². The highest BCUT2D eigenvalue weighted by Crippen LogP contribution is 2.16. The van der Waals surface area contributed by atoms with Gasteiger partial charge in [0, 0.05) is 24.8 Å². The molecule has 0 radical (unpaired) electrons. The molecule has 25 heavy (non-hydrogen) atoms. The fourth-order valence-corrected chi connectivity index (χ4v) is 3.31. The van der Waals surface area contributed by atoms with Crippen LogP contribution in [0.15, 0.2) is 45.9 Å². The molecule has 0 aliphatic rings. The van der Waals surface area contributed by atoms with Crippen molar-refractivity contribution >= 4 is 31.9 Å². The van der Waals surface area contributed by atoms with Crippen molar-refractivity contribution in [2.45, 2.75) is 4.90 Å². The Morgan fingerprint density at radius 3 is 2.48 bits per heavy atom. The first-order chi connectivity index (χ1) is 11.8. The minimum absolute atomic E-state index is 0.0000433. The van der Waals surface area contributed by atoms with Crippen molar-refractivity contribution in [1.29, 1.82) is 0 Å². The zero-order valence-corrected chi connectivity index (χ0v) is 16.1. The lowest BCUT2D eigenvalue weighted by Gasteiger charge is -2.10. The summed E-state index contributed by atoms with van der Waals surface area (Å²) in [6.07, 6.45) is 1.69. The molecule has 0 fully saturated rings. The number of halogens is 1. The number of amides is 1. The topological polar surface area (TPSA) is 98.7 Å².